The Bertz CT molecular complexity index is 317. The third-order valence-corrected chi connectivity index (χ3v) is 2.78. The zero-order valence-electron chi connectivity index (χ0n) is 11.4. The molecule has 1 aromatic carbocycles. The lowest BCUT2D eigenvalue weighted by Crippen LogP contribution is -2.37. The quantitative estimate of drug-likeness (QED) is 0.787. The van der Waals surface area contributed by atoms with Gasteiger partial charge in [0.2, 0.25) is 0 Å². The number of benzene rings is 1. The normalized spacial score (nSPS) is 14.4. The van der Waals surface area contributed by atoms with Crippen LogP contribution in [0, 0.1) is 0 Å². The van der Waals surface area contributed by atoms with E-state index >= 15 is 0 Å². The zero-order valence-corrected chi connectivity index (χ0v) is 11.4. The second kappa shape index (κ2) is 6.62. The summed E-state index contributed by atoms with van der Waals surface area (Å²) in [6.07, 6.45) is 1.04. The summed E-state index contributed by atoms with van der Waals surface area (Å²) in [5.74, 6) is 0. The molecule has 0 aliphatic heterocycles. The first-order valence-corrected chi connectivity index (χ1v) is 6.24. The maximum absolute atomic E-state index is 5.72. The van der Waals surface area contributed by atoms with Crippen LogP contribution in [0.2, 0.25) is 0 Å². The Morgan fingerprint density at radius 3 is 2.24 bits per heavy atom. The van der Waals surface area contributed by atoms with Gasteiger partial charge in [0.25, 0.3) is 0 Å². The van der Waals surface area contributed by atoms with E-state index in [1.165, 1.54) is 11.3 Å². The van der Waals surface area contributed by atoms with Gasteiger partial charge < -0.3 is 16.0 Å². The number of nitrogens with zero attached hydrogens (tertiary/aromatic N) is 1. The smallest absolute Gasteiger partial charge is 0.0361 e. The van der Waals surface area contributed by atoms with Crippen molar-refractivity contribution in [1.29, 1.82) is 0 Å². The minimum Gasteiger partial charge on any atom is -0.378 e. The van der Waals surface area contributed by atoms with E-state index in [1.807, 2.05) is 6.92 Å². The number of rotatable bonds is 6. The Morgan fingerprint density at radius 1 is 1.18 bits per heavy atom. The molecule has 0 spiro atoms. The van der Waals surface area contributed by atoms with Crippen molar-refractivity contribution in [2.24, 2.45) is 5.73 Å². The molecular weight excluding hydrogens is 210 g/mol. The molecule has 96 valence electrons. The van der Waals surface area contributed by atoms with E-state index in [1.54, 1.807) is 0 Å². The maximum atomic E-state index is 5.72. The molecule has 0 saturated heterocycles. The Labute approximate surface area is 105 Å². The third-order valence-electron chi connectivity index (χ3n) is 2.78. The van der Waals surface area contributed by atoms with Gasteiger partial charge in [0, 0.05) is 38.4 Å². The first-order valence-electron chi connectivity index (χ1n) is 6.24. The lowest BCUT2D eigenvalue weighted by atomic mass is 10.1. The van der Waals surface area contributed by atoms with E-state index in [-0.39, 0.29) is 6.04 Å². The number of hydrogen-bond donors (Lipinski definition) is 2. The van der Waals surface area contributed by atoms with Crippen LogP contribution >= 0.6 is 0 Å². The van der Waals surface area contributed by atoms with Crippen molar-refractivity contribution in [3.05, 3.63) is 29.8 Å². The molecule has 0 bridgehead atoms. The first-order chi connectivity index (χ1) is 7.99. The Morgan fingerprint density at radius 2 is 1.76 bits per heavy atom. The molecule has 0 amide bonds. The molecule has 3 heteroatoms. The monoisotopic (exact) mass is 235 g/mol. The van der Waals surface area contributed by atoms with Crippen LogP contribution < -0.4 is 16.0 Å². The molecule has 0 aromatic heterocycles. The molecule has 17 heavy (non-hydrogen) atoms. The van der Waals surface area contributed by atoms with E-state index in [9.17, 15) is 0 Å². The summed E-state index contributed by atoms with van der Waals surface area (Å²) in [6.45, 7) is 5.09. The summed E-state index contributed by atoms with van der Waals surface area (Å²) in [6, 6.07) is 9.39. The number of hydrogen-bond acceptors (Lipinski definition) is 3. The molecule has 1 rings (SSSR count). The average molecular weight is 235 g/mol. The highest BCUT2D eigenvalue weighted by Crippen LogP contribution is 2.13. The summed E-state index contributed by atoms with van der Waals surface area (Å²) in [7, 11) is 4.11. The second-order valence-corrected chi connectivity index (χ2v) is 5.05. The van der Waals surface area contributed by atoms with Crippen LogP contribution in [0.15, 0.2) is 24.3 Å². The van der Waals surface area contributed by atoms with Gasteiger partial charge in [-0.25, -0.2) is 0 Å². The molecule has 3 N–H and O–H groups in total. The number of anilines is 1. The summed E-state index contributed by atoms with van der Waals surface area (Å²) in [5.41, 5.74) is 8.32. The van der Waals surface area contributed by atoms with Gasteiger partial charge in [-0.05, 0) is 38.0 Å². The van der Waals surface area contributed by atoms with Crippen molar-refractivity contribution >= 4 is 5.69 Å². The molecule has 0 aliphatic rings. The van der Waals surface area contributed by atoms with Crippen molar-refractivity contribution in [2.75, 3.05) is 25.5 Å². The van der Waals surface area contributed by atoms with Crippen LogP contribution in [-0.2, 0) is 6.42 Å². The standard InChI is InChI=1S/C14H25N3/c1-11(15)10-16-12(2)9-13-5-7-14(8-6-13)17(3)4/h5-8,11-12,16H,9-10,15H2,1-4H3. The molecule has 0 fully saturated rings. The van der Waals surface area contributed by atoms with E-state index in [4.69, 9.17) is 5.73 Å². The second-order valence-electron chi connectivity index (χ2n) is 5.05. The fourth-order valence-electron chi connectivity index (χ4n) is 1.74. The van der Waals surface area contributed by atoms with Gasteiger partial charge in [-0.1, -0.05) is 12.1 Å². The van der Waals surface area contributed by atoms with Gasteiger partial charge in [-0.3, -0.25) is 0 Å². The molecule has 2 unspecified atom stereocenters. The molecular formula is C14H25N3. The molecule has 0 radical (unpaired) electrons. The fraction of sp³-hybridized carbons (Fsp3) is 0.571. The molecule has 0 aliphatic carbocycles. The highest BCUT2D eigenvalue weighted by Gasteiger charge is 2.04. The molecule has 0 heterocycles. The third kappa shape index (κ3) is 5.20. The first kappa shape index (κ1) is 14.0. The van der Waals surface area contributed by atoms with Gasteiger partial charge in [-0.2, -0.15) is 0 Å². The Balaban J connectivity index is 2.45. The van der Waals surface area contributed by atoms with E-state index in [0.717, 1.165) is 13.0 Å². The van der Waals surface area contributed by atoms with Crippen molar-refractivity contribution in [1.82, 2.24) is 5.32 Å². The van der Waals surface area contributed by atoms with Crippen molar-refractivity contribution in [2.45, 2.75) is 32.4 Å². The SMILES string of the molecule is CC(N)CNC(C)Cc1ccc(N(C)C)cc1. The lowest BCUT2D eigenvalue weighted by molar-refractivity contribution is 0.514. The largest absolute Gasteiger partial charge is 0.378 e. The van der Waals surface area contributed by atoms with Crippen molar-refractivity contribution in [3.8, 4) is 0 Å². The summed E-state index contributed by atoms with van der Waals surface area (Å²) in [4.78, 5) is 2.11. The Hall–Kier alpha value is -1.06. The highest BCUT2D eigenvalue weighted by atomic mass is 15.1. The lowest BCUT2D eigenvalue weighted by Gasteiger charge is -2.17. The van der Waals surface area contributed by atoms with Gasteiger partial charge in [-0.15, -0.1) is 0 Å². The predicted octanol–water partition coefficient (Wildman–Crippen LogP) is 1.62. The summed E-state index contributed by atoms with van der Waals surface area (Å²) < 4.78 is 0. The van der Waals surface area contributed by atoms with E-state index in [0.29, 0.717) is 6.04 Å². The zero-order chi connectivity index (χ0) is 12.8. The van der Waals surface area contributed by atoms with Crippen LogP contribution in [0.5, 0.6) is 0 Å². The van der Waals surface area contributed by atoms with E-state index < -0.39 is 0 Å². The molecule has 1 aromatic rings. The van der Waals surface area contributed by atoms with Crippen LogP contribution in [-0.4, -0.2) is 32.7 Å². The van der Waals surface area contributed by atoms with Gasteiger partial charge in [0.05, 0.1) is 0 Å². The number of nitrogens with two attached hydrogens (primary N) is 1. The van der Waals surface area contributed by atoms with Gasteiger partial charge >= 0.3 is 0 Å². The topological polar surface area (TPSA) is 41.3 Å². The van der Waals surface area contributed by atoms with Crippen molar-refractivity contribution in [3.63, 3.8) is 0 Å². The molecule has 0 saturated carbocycles. The molecule has 2 atom stereocenters. The number of nitrogens with one attached hydrogen (secondary N) is 1. The van der Waals surface area contributed by atoms with Crippen LogP contribution in [0.3, 0.4) is 0 Å². The fourth-order valence-corrected chi connectivity index (χ4v) is 1.74. The molecule has 3 nitrogen and oxygen atoms in total. The highest BCUT2D eigenvalue weighted by molar-refractivity contribution is 5.46. The minimum atomic E-state index is 0.216. The van der Waals surface area contributed by atoms with Crippen LogP contribution in [0.1, 0.15) is 19.4 Å². The van der Waals surface area contributed by atoms with Crippen LogP contribution in [0.4, 0.5) is 5.69 Å². The average Bonchev–Trinajstić information content (AvgIpc) is 2.27. The Kier molecular flexibility index (Phi) is 5.45. The van der Waals surface area contributed by atoms with Gasteiger partial charge in [0.1, 0.15) is 0 Å². The minimum absolute atomic E-state index is 0.216. The van der Waals surface area contributed by atoms with Crippen molar-refractivity contribution < 1.29 is 0 Å². The van der Waals surface area contributed by atoms with Gasteiger partial charge in [0.15, 0.2) is 0 Å². The summed E-state index contributed by atoms with van der Waals surface area (Å²) in [5, 5.41) is 3.43. The van der Waals surface area contributed by atoms with Crippen LogP contribution in [0.25, 0.3) is 0 Å². The van der Waals surface area contributed by atoms with E-state index in [2.05, 4.69) is 55.5 Å². The maximum Gasteiger partial charge on any atom is 0.0361 e. The predicted molar refractivity (Wildman–Crippen MR) is 75.6 cm³/mol. The summed E-state index contributed by atoms with van der Waals surface area (Å²) >= 11 is 0.